The molecule has 4 rings (SSSR count). The number of nitrogens with zero attached hydrogens (tertiary/aromatic N) is 3. The Labute approximate surface area is 243 Å². The van der Waals surface area contributed by atoms with Gasteiger partial charge in [0.05, 0.1) is 38.7 Å². The van der Waals surface area contributed by atoms with E-state index in [1.165, 1.54) is 18.2 Å². The molecule has 3 aromatic carbocycles. The maximum atomic E-state index is 13.9. The smallest absolute Gasteiger partial charge is 0.250 e. The first kappa shape index (κ1) is 30.9. The summed E-state index contributed by atoms with van der Waals surface area (Å²) in [5.74, 6) is -2.67. The molecular formula is C29H34F2N6O4S. The van der Waals surface area contributed by atoms with Crippen molar-refractivity contribution in [2.45, 2.75) is 16.2 Å². The van der Waals surface area contributed by atoms with Gasteiger partial charge >= 0.3 is 0 Å². The number of aromatic nitrogens is 2. The molecule has 0 atom stereocenters. The number of methoxy groups -OCH3 is 1. The molecule has 4 N–H and O–H groups in total. The zero-order valence-electron chi connectivity index (χ0n) is 23.9. The Morgan fingerprint density at radius 1 is 1.02 bits per heavy atom. The van der Waals surface area contributed by atoms with Gasteiger partial charge in [-0.25, -0.2) is 17.2 Å². The second-order valence-electron chi connectivity index (χ2n) is 10.1. The topological polar surface area (TPSA) is 134 Å². The van der Waals surface area contributed by atoms with Gasteiger partial charge in [-0.15, -0.1) is 0 Å². The second kappa shape index (κ2) is 12.8. The molecule has 1 amide bonds. The fourth-order valence-electron chi connectivity index (χ4n) is 4.73. The molecule has 42 heavy (non-hydrogen) atoms. The molecule has 0 saturated heterocycles. The van der Waals surface area contributed by atoms with Crippen molar-refractivity contribution in [3.05, 3.63) is 65.7 Å². The first-order valence-electron chi connectivity index (χ1n) is 13.2. The molecule has 13 heteroatoms. The summed E-state index contributed by atoms with van der Waals surface area (Å²) in [6, 6.07) is 9.85. The standard InChI is InChI=1S/C29H34F2N6O4S/c1-36(2)11-5-12-37(3)25-9-7-22(29(32)38)27(33-10-13-41-4)26(25)28-23-17-20(6-8-24(23)34-35-28)42(39,40)21-15-18(30)14-19(31)16-21/h6-9,14-17,33H,5,10-13H2,1-4H3,(H2,32,38)(H,34,35). The lowest BCUT2D eigenvalue weighted by Crippen LogP contribution is -2.25. The largest absolute Gasteiger partial charge is 0.383 e. The number of amides is 1. The third kappa shape index (κ3) is 6.53. The van der Waals surface area contributed by atoms with Crippen molar-refractivity contribution >= 4 is 38.0 Å². The molecule has 0 aliphatic rings. The Balaban J connectivity index is 1.93. The average Bonchev–Trinajstić information content (AvgIpc) is 3.35. The van der Waals surface area contributed by atoms with Crippen LogP contribution >= 0.6 is 0 Å². The Bertz CT molecular complexity index is 1690. The van der Waals surface area contributed by atoms with Crippen LogP contribution < -0.4 is 16.0 Å². The number of hydrogen-bond donors (Lipinski definition) is 3. The van der Waals surface area contributed by atoms with E-state index in [1.54, 1.807) is 19.2 Å². The number of sulfone groups is 1. The summed E-state index contributed by atoms with van der Waals surface area (Å²) in [5, 5.41) is 11.1. The van der Waals surface area contributed by atoms with Gasteiger partial charge in [-0.05, 0) is 69.5 Å². The van der Waals surface area contributed by atoms with Crippen LogP contribution in [0.15, 0.2) is 58.3 Å². The molecule has 0 saturated carbocycles. The first-order valence-corrected chi connectivity index (χ1v) is 14.7. The number of carbonyl (C=O) groups excluding carboxylic acids is 1. The van der Waals surface area contributed by atoms with Crippen molar-refractivity contribution in [1.82, 2.24) is 15.1 Å². The third-order valence-corrected chi connectivity index (χ3v) is 8.53. The predicted molar refractivity (Wildman–Crippen MR) is 159 cm³/mol. The van der Waals surface area contributed by atoms with Crippen molar-refractivity contribution < 1.29 is 26.7 Å². The zero-order valence-corrected chi connectivity index (χ0v) is 24.7. The van der Waals surface area contributed by atoms with Crippen LogP contribution in [-0.4, -0.2) is 83.9 Å². The molecule has 224 valence electrons. The summed E-state index contributed by atoms with van der Waals surface area (Å²) in [7, 11) is 3.16. The first-order chi connectivity index (χ1) is 19.9. The minimum Gasteiger partial charge on any atom is -0.383 e. The summed E-state index contributed by atoms with van der Waals surface area (Å²) in [6.07, 6.45) is 0.848. The number of halogens is 2. The van der Waals surface area contributed by atoms with Crippen LogP contribution in [0.25, 0.3) is 22.2 Å². The summed E-state index contributed by atoms with van der Waals surface area (Å²) < 4.78 is 59.9. The molecule has 1 aromatic heterocycles. The Morgan fingerprint density at radius 2 is 1.74 bits per heavy atom. The molecule has 1 heterocycles. The van der Waals surface area contributed by atoms with Crippen molar-refractivity contribution in [2.75, 3.05) is 64.7 Å². The van der Waals surface area contributed by atoms with Gasteiger partial charge in [0.25, 0.3) is 5.91 Å². The lowest BCUT2D eigenvalue weighted by molar-refractivity contribution is 0.100. The maximum absolute atomic E-state index is 13.9. The molecule has 0 fully saturated rings. The lowest BCUT2D eigenvalue weighted by atomic mass is 9.98. The Hall–Kier alpha value is -4.07. The number of hydrogen-bond acceptors (Lipinski definition) is 8. The predicted octanol–water partition coefficient (Wildman–Crippen LogP) is 3.89. The summed E-state index contributed by atoms with van der Waals surface area (Å²) in [6.45, 7) is 2.22. The van der Waals surface area contributed by atoms with Crippen LogP contribution in [0, 0.1) is 11.6 Å². The second-order valence-corrected chi connectivity index (χ2v) is 12.1. The van der Waals surface area contributed by atoms with Gasteiger partial charge in [-0.2, -0.15) is 5.10 Å². The molecule has 0 unspecified atom stereocenters. The highest BCUT2D eigenvalue weighted by Crippen LogP contribution is 2.42. The van der Waals surface area contributed by atoms with Crippen molar-refractivity contribution in [1.29, 1.82) is 0 Å². The van der Waals surface area contributed by atoms with Gasteiger partial charge in [0.1, 0.15) is 17.3 Å². The molecule has 10 nitrogen and oxygen atoms in total. The quantitative estimate of drug-likeness (QED) is 0.197. The van der Waals surface area contributed by atoms with E-state index in [0.29, 0.717) is 53.6 Å². The van der Waals surface area contributed by atoms with E-state index in [2.05, 4.69) is 20.4 Å². The number of H-pyrrole nitrogens is 1. The normalized spacial score (nSPS) is 11.8. The van der Waals surface area contributed by atoms with E-state index >= 15 is 0 Å². The summed E-state index contributed by atoms with van der Waals surface area (Å²) in [5.41, 5.74) is 8.56. The number of nitrogens with two attached hydrogens (primary N) is 1. The monoisotopic (exact) mass is 600 g/mol. The van der Waals surface area contributed by atoms with E-state index in [4.69, 9.17) is 10.5 Å². The van der Waals surface area contributed by atoms with Gasteiger partial charge in [0.15, 0.2) is 0 Å². The highest BCUT2D eigenvalue weighted by molar-refractivity contribution is 7.91. The molecule has 0 aliphatic carbocycles. The van der Waals surface area contributed by atoms with E-state index in [-0.39, 0.29) is 10.5 Å². The van der Waals surface area contributed by atoms with Crippen LogP contribution in [0.1, 0.15) is 16.8 Å². The molecule has 0 bridgehead atoms. The van der Waals surface area contributed by atoms with E-state index in [9.17, 15) is 22.0 Å². The van der Waals surface area contributed by atoms with E-state index in [0.717, 1.165) is 30.8 Å². The number of benzene rings is 3. The van der Waals surface area contributed by atoms with Crippen molar-refractivity contribution in [2.24, 2.45) is 5.73 Å². The highest BCUT2D eigenvalue weighted by Gasteiger charge is 2.26. The van der Waals surface area contributed by atoms with Crippen LogP contribution in [-0.2, 0) is 14.6 Å². The number of anilines is 2. The number of rotatable bonds is 13. The van der Waals surface area contributed by atoms with Crippen molar-refractivity contribution in [3.63, 3.8) is 0 Å². The molecule has 0 spiro atoms. The minimum atomic E-state index is -4.29. The molecule has 4 aromatic rings. The van der Waals surface area contributed by atoms with Gasteiger partial charge < -0.3 is 25.6 Å². The van der Waals surface area contributed by atoms with E-state index < -0.39 is 32.3 Å². The number of ether oxygens (including phenoxy) is 1. The van der Waals surface area contributed by atoms with Crippen LogP contribution in [0.5, 0.6) is 0 Å². The number of nitrogens with one attached hydrogen (secondary N) is 2. The van der Waals surface area contributed by atoms with E-state index in [1.807, 2.05) is 26.0 Å². The third-order valence-electron chi connectivity index (χ3n) is 6.79. The molecule has 0 radical (unpaired) electrons. The average molecular weight is 601 g/mol. The van der Waals surface area contributed by atoms with Gasteiger partial charge in [0, 0.05) is 44.4 Å². The fraction of sp³-hybridized carbons (Fsp3) is 0.310. The van der Waals surface area contributed by atoms with Crippen LogP contribution in [0.3, 0.4) is 0 Å². The SMILES string of the molecule is COCCNc1c(C(N)=O)ccc(N(C)CCCN(C)C)c1-c1n[nH]c2ccc(S(=O)(=O)c3cc(F)cc(F)c3)cc12. The number of fused-ring (bicyclic) bond motifs is 1. The Kier molecular flexibility index (Phi) is 9.44. The lowest BCUT2D eigenvalue weighted by Gasteiger charge is -2.26. The Morgan fingerprint density at radius 3 is 2.38 bits per heavy atom. The van der Waals surface area contributed by atoms with Crippen LogP contribution in [0.4, 0.5) is 20.2 Å². The zero-order chi connectivity index (χ0) is 30.6. The van der Waals surface area contributed by atoms with Gasteiger partial charge in [-0.3, -0.25) is 9.89 Å². The number of aromatic amines is 1. The summed E-state index contributed by atoms with van der Waals surface area (Å²) in [4.78, 5) is 15.9. The number of carbonyl (C=O) groups is 1. The molecule has 0 aliphatic heterocycles. The number of primary amides is 1. The highest BCUT2D eigenvalue weighted by atomic mass is 32.2. The van der Waals surface area contributed by atoms with Gasteiger partial charge in [0.2, 0.25) is 9.84 Å². The maximum Gasteiger partial charge on any atom is 0.250 e. The summed E-state index contributed by atoms with van der Waals surface area (Å²) >= 11 is 0. The molecular weight excluding hydrogens is 566 g/mol. The van der Waals surface area contributed by atoms with Crippen molar-refractivity contribution in [3.8, 4) is 11.3 Å². The van der Waals surface area contributed by atoms with Gasteiger partial charge in [-0.1, -0.05) is 0 Å². The van der Waals surface area contributed by atoms with Crippen LogP contribution in [0.2, 0.25) is 0 Å². The fourth-order valence-corrected chi connectivity index (χ4v) is 6.06. The minimum absolute atomic E-state index is 0.177.